The van der Waals surface area contributed by atoms with Crippen molar-refractivity contribution in [3.8, 4) is 0 Å². The van der Waals surface area contributed by atoms with Crippen LogP contribution in [0.2, 0.25) is 0 Å². The van der Waals surface area contributed by atoms with Crippen molar-refractivity contribution in [2.24, 2.45) is 11.8 Å². The minimum absolute atomic E-state index is 0.227. The Kier molecular flexibility index (Phi) is 2.77. The lowest BCUT2D eigenvalue weighted by molar-refractivity contribution is -0.136. The van der Waals surface area contributed by atoms with Gasteiger partial charge in [0.05, 0.1) is 0 Å². The fraction of sp³-hybridized carbons (Fsp3) is 0.909. The summed E-state index contributed by atoms with van der Waals surface area (Å²) < 4.78 is 0. The van der Waals surface area contributed by atoms with Crippen molar-refractivity contribution in [2.75, 3.05) is 20.1 Å². The fourth-order valence-corrected chi connectivity index (χ4v) is 2.65. The van der Waals surface area contributed by atoms with E-state index in [9.17, 15) is 4.79 Å². The Morgan fingerprint density at radius 1 is 1.36 bits per heavy atom. The van der Waals surface area contributed by atoms with Crippen molar-refractivity contribution >= 4 is 5.91 Å². The monoisotopic (exact) mass is 196 g/mol. The van der Waals surface area contributed by atoms with Gasteiger partial charge in [-0.3, -0.25) is 4.79 Å². The molecule has 1 heterocycles. The van der Waals surface area contributed by atoms with Crippen LogP contribution >= 0.6 is 0 Å². The van der Waals surface area contributed by atoms with Gasteiger partial charge in [0.15, 0.2) is 0 Å². The van der Waals surface area contributed by atoms with Crippen molar-refractivity contribution in [3.63, 3.8) is 0 Å². The van der Waals surface area contributed by atoms with Crippen LogP contribution < -0.4 is 5.32 Å². The molecule has 1 saturated heterocycles. The summed E-state index contributed by atoms with van der Waals surface area (Å²) in [5.74, 6) is 1.80. The first kappa shape index (κ1) is 9.97. The van der Waals surface area contributed by atoms with Crippen LogP contribution in [0.15, 0.2) is 0 Å². The van der Waals surface area contributed by atoms with Crippen LogP contribution in [0.4, 0.5) is 0 Å². The molecule has 1 amide bonds. The molecule has 0 aromatic carbocycles. The molecule has 14 heavy (non-hydrogen) atoms. The van der Waals surface area contributed by atoms with Gasteiger partial charge in [0.2, 0.25) is 5.91 Å². The molecule has 1 saturated carbocycles. The summed E-state index contributed by atoms with van der Waals surface area (Å²) in [6.45, 7) is 3.60. The Hall–Kier alpha value is -0.570. The number of amides is 1. The maximum absolute atomic E-state index is 11.0. The molecule has 0 aromatic rings. The average molecular weight is 196 g/mol. The van der Waals surface area contributed by atoms with Gasteiger partial charge in [-0.2, -0.15) is 0 Å². The molecule has 0 spiro atoms. The highest BCUT2D eigenvalue weighted by atomic mass is 16.2. The lowest BCUT2D eigenvalue weighted by Gasteiger charge is -2.47. The van der Waals surface area contributed by atoms with E-state index >= 15 is 0 Å². The van der Waals surface area contributed by atoms with Crippen LogP contribution in [0, 0.1) is 11.8 Å². The minimum atomic E-state index is 0.227. The highest BCUT2D eigenvalue weighted by Crippen LogP contribution is 2.35. The predicted molar refractivity (Wildman–Crippen MR) is 55.9 cm³/mol. The Labute approximate surface area is 85.8 Å². The minimum Gasteiger partial charge on any atom is -0.342 e. The van der Waals surface area contributed by atoms with E-state index in [-0.39, 0.29) is 5.91 Å². The average Bonchev–Trinajstić information content (AvgIpc) is 1.95. The van der Waals surface area contributed by atoms with E-state index in [0.717, 1.165) is 19.0 Å². The smallest absolute Gasteiger partial charge is 0.219 e. The lowest BCUT2D eigenvalue weighted by Crippen LogP contribution is -2.59. The molecule has 1 aliphatic heterocycles. The molecule has 3 nitrogen and oxygen atoms in total. The largest absolute Gasteiger partial charge is 0.342 e. The summed E-state index contributed by atoms with van der Waals surface area (Å²) in [4.78, 5) is 13.0. The van der Waals surface area contributed by atoms with Crippen LogP contribution in [0.5, 0.6) is 0 Å². The van der Waals surface area contributed by atoms with Crippen LogP contribution in [-0.2, 0) is 4.79 Å². The van der Waals surface area contributed by atoms with Gasteiger partial charge in [-0.15, -0.1) is 0 Å². The number of carbonyl (C=O) groups is 1. The molecule has 1 atom stereocenters. The highest BCUT2D eigenvalue weighted by Gasteiger charge is 2.39. The first-order valence-electron chi connectivity index (χ1n) is 5.65. The van der Waals surface area contributed by atoms with Crippen molar-refractivity contribution in [3.05, 3.63) is 0 Å². The summed E-state index contributed by atoms with van der Waals surface area (Å²) in [7, 11) is 2.05. The quantitative estimate of drug-likeness (QED) is 0.726. The lowest BCUT2D eigenvalue weighted by atomic mass is 9.73. The molecule has 0 bridgehead atoms. The van der Waals surface area contributed by atoms with E-state index in [1.165, 1.54) is 19.3 Å². The van der Waals surface area contributed by atoms with Gasteiger partial charge in [-0.1, -0.05) is 6.42 Å². The maximum atomic E-state index is 11.0. The molecule has 1 unspecified atom stereocenters. The first-order chi connectivity index (χ1) is 6.72. The van der Waals surface area contributed by atoms with Crippen LogP contribution in [0.25, 0.3) is 0 Å². The third-order valence-electron chi connectivity index (χ3n) is 3.85. The summed E-state index contributed by atoms with van der Waals surface area (Å²) >= 11 is 0. The normalized spacial score (nSPS) is 25.4. The summed E-state index contributed by atoms with van der Waals surface area (Å²) in [6, 6.07) is 0.652. The van der Waals surface area contributed by atoms with Crippen LogP contribution in [0.3, 0.4) is 0 Å². The molecule has 2 rings (SSSR count). The molecule has 1 aliphatic carbocycles. The molecule has 80 valence electrons. The number of nitrogens with one attached hydrogen (secondary N) is 1. The predicted octanol–water partition coefficient (Wildman–Crippen LogP) is 0.853. The maximum Gasteiger partial charge on any atom is 0.219 e. The summed E-state index contributed by atoms with van der Waals surface area (Å²) in [5, 5.41) is 3.43. The van der Waals surface area contributed by atoms with Crippen molar-refractivity contribution in [2.45, 2.75) is 32.2 Å². The molecule has 2 aliphatic rings. The van der Waals surface area contributed by atoms with E-state index in [0.29, 0.717) is 12.0 Å². The molecule has 3 heteroatoms. The molecule has 0 radical (unpaired) electrons. The first-order valence-corrected chi connectivity index (χ1v) is 5.65. The van der Waals surface area contributed by atoms with Gasteiger partial charge >= 0.3 is 0 Å². The van der Waals surface area contributed by atoms with Gasteiger partial charge in [0.25, 0.3) is 0 Å². The third kappa shape index (κ3) is 1.65. The van der Waals surface area contributed by atoms with Gasteiger partial charge < -0.3 is 10.2 Å². The van der Waals surface area contributed by atoms with Gasteiger partial charge in [-0.05, 0) is 25.8 Å². The Balaban J connectivity index is 1.81. The second-order valence-electron chi connectivity index (χ2n) is 4.69. The fourth-order valence-electron chi connectivity index (χ4n) is 2.65. The molecule has 0 aromatic heterocycles. The zero-order chi connectivity index (χ0) is 10.1. The zero-order valence-electron chi connectivity index (χ0n) is 9.12. The second-order valence-corrected chi connectivity index (χ2v) is 4.69. The Morgan fingerprint density at radius 3 is 2.36 bits per heavy atom. The van der Waals surface area contributed by atoms with Crippen molar-refractivity contribution in [1.29, 1.82) is 0 Å². The van der Waals surface area contributed by atoms with Crippen LogP contribution in [0.1, 0.15) is 26.2 Å². The second kappa shape index (κ2) is 3.89. The number of nitrogens with zero attached hydrogens (tertiary/aromatic N) is 1. The summed E-state index contributed by atoms with van der Waals surface area (Å²) in [5.41, 5.74) is 0. The Morgan fingerprint density at radius 2 is 2.00 bits per heavy atom. The number of hydrogen-bond acceptors (Lipinski definition) is 2. The van der Waals surface area contributed by atoms with Crippen molar-refractivity contribution in [1.82, 2.24) is 10.2 Å². The SMILES string of the molecule is CNC(C1CCC1)C1CN(C(C)=O)C1. The van der Waals surface area contributed by atoms with E-state index in [2.05, 4.69) is 12.4 Å². The molecule has 1 N–H and O–H groups in total. The number of carbonyl (C=O) groups excluding carboxylic acids is 1. The summed E-state index contributed by atoms with van der Waals surface area (Å²) in [6.07, 6.45) is 4.15. The van der Waals surface area contributed by atoms with E-state index in [4.69, 9.17) is 0 Å². The van der Waals surface area contributed by atoms with E-state index < -0.39 is 0 Å². The Bertz CT molecular complexity index is 219. The topological polar surface area (TPSA) is 32.3 Å². The molecular formula is C11H20N2O. The standard InChI is InChI=1S/C11H20N2O/c1-8(14)13-6-10(7-13)11(12-2)9-4-3-5-9/h9-12H,3-7H2,1-2H3. The zero-order valence-corrected chi connectivity index (χ0v) is 9.12. The number of likely N-dealkylation sites (tertiary alicyclic amines) is 1. The third-order valence-corrected chi connectivity index (χ3v) is 3.85. The number of hydrogen-bond donors (Lipinski definition) is 1. The molecular weight excluding hydrogens is 176 g/mol. The highest BCUT2D eigenvalue weighted by molar-refractivity contribution is 5.74. The van der Waals surface area contributed by atoms with E-state index in [1.54, 1.807) is 6.92 Å². The van der Waals surface area contributed by atoms with Gasteiger partial charge in [0, 0.05) is 32.0 Å². The number of rotatable bonds is 3. The van der Waals surface area contributed by atoms with Gasteiger partial charge in [0.1, 0.15) is 0 Å². The van der Waals surface area contributed by atoms with E-state index in [1.807, 2.05) is 4.90 Å². The van der Waals surface area contributed by atoms with Crippen molar-refractivity contribution < 1.29 is 4.79 Å². The van der Waals surface area contributed by atoms with Gasteiger partial charge in [-0.25, -0.2) is 0 Å². The molecule has 2 fully saturated rings. The van der Waals surface area contributed by atoms with Crippen LogP contribution in [-0.4, -0.2) is 37.0 Å².